The van der Waals surface area contributed by atoms with Crippen LogP contribution in [0.5, 0.6) is 0 Å². The van der Waals surface area contributed by atoms with Crippen LogP contribution in [0.15, 0.2) is 83.8 Å². The minimum Gasteiger partial charge on any atom is -0.322 e. The van der Waals surface area contributed by atoms with Gasteiger partial charge in [0.05, 0.1) is 9.82 Å². The first kappa shape index (κ1) is 20.2. The van der Waals surface area contributed by atoms with Crippen LogP contribution in [0.25, 0.3) is 0 Å². The second kappa shape index (κ2) is 8.63. The highest BCUT2D eigenvalue weighted by Gasteiger charge is 2.17. The van der Waals surface area contributed by atoms with Gasteiger partial charge in [0.15, 0.2) is 0 Å². The molecular weight excluding hydrogens is 394 g/mol. The van der Waals surface area contributed by atoms with Crippen LogP contribution in [-0.2, 0) is 16.6 Å². The topological polar surface area (TPSA) is 118 Å². The van der Waals surface area contributed by atoms with Crippen molar-refractivity contribution in [2.75, 3.05) is 5.32 Å². The van der Waals surface area contributed by atoms with Gasteiger partial charge in [-0.1, -0.05) is 42.5 Å². The summed E-state index contributed by atoms with van der Waals surface area (Å²) in [5.41, 5.74) is 0.985. The van der Waals surface area contributed by atoms with E-state index in [0.717, 1.165) is 5.56 Å². The van der Waals surface area contributed by atoms with Gasteiger partial charge >= 0.3 is 0 Å². The summed E-state index contributed by atoms with van der Waals surface area (Å²) in [6, 6.07) is 20.1. The lowest BCUT2D eigenvalue weighted by Gasteiger charge is -2.09. The molecule has 0 fully saturated rings. The van der Waals surface area contributed by atoms with Crippen molar-refractivity contribution in [1.82, 2.24) is 4.72 Å². The Labute approximate surface area is 167 Å². The second-order valence-corrected chi connectivity index (χ2v) is 7.87. The Kier molecular flexibility index (Phi) is 6.01. The number of amides is 1. The predicted octanol–water partition coefficient (Wildman–Crippen LogP) is 3.33. The second-order valence-electron chi connectivity index (χ2n) is 6.10. The average Bonchev–Trinajstić information content (AvgIpc) is 2.73. The molecule has 0 saturated heterocycles. The molecule has 29 heavy (non-hydrogen) atoms. The molecule has 8 nitrogen and oxygen atoms in total. The largest absolute Gasteiger partial charge is 0.322 e. The van der Waals surface area contributed by atoms with Crippen LogP contribution < -0.4 is 10.0 Å². The number of non-ortho nitro benzene ring substituents is 1. The van der Waals surface area contributed by atoms with E-state index in [-0.39, 0.29) is 28.4 Å². The van der Waals surface area contributed by atoms with Crippen molar-refractivity contribution in [2.45, 2.75) is 11.4 Å². The summed E-state index contributed by atoms with van der Waals surface area (Å²) in [6.45, 7) is 0.118. The zero-order valence-electron chi connectivity index (χ0n) is 15.1. The fourth-order valence-electron chi connectivity index (χ4n) is 2.56. The third kappa shape index (κ3) is 5.24. The minimum atomic E-state index is -3.82. The van der Waals surface area contributed by atoms with Gasteiger partial charge in [0.2, 0.25) is 10.0 Å². The van der Waals surface area contributed by atoms with Gasteiger partial charge in [0.25, 0.3) is 11.6 Å². The number of hydrogen-bond acceptors (Lipinski definition) is 5. The lowest BCUT2D eigenvalue weighted by atomic mass is 10.2. The molecule has 9 heteroatoms. The summed E-state index contributed by atoms with van der Waals surface area (Å²) < 4.78 is 27.6. The van der Waals surface area contributed by atoms with Crippen LogP contribution in [0.3, 0.4) is 0 Å². The number of nitro benzene ring substituents is 1. The molecule has 0 aliphatic rings. The molecule has 3 aromatic rings. The Morgan fingerprint density at radius 2 is 1.66 bits per heavy atom. The number of anilines is 1. The van der Waals surface area contributed by atoms with E-state index >= 15 is 0 Å². The van der Waals surface area contributed by atoms with Gasteiger partial charge < -0.3 is 5.32 Å². The summed E-state index contributed by atoms with van der Waals surface area (Å²) in [7, 11) is -3.82. The van der Waals surface area contributed by atoms with Crippen molar-refractivity contribution in [3.05, 3.63) is 100 Å². The number of hydrogen-bond donors (Lipinski definition) is 2. The van der Waals surface area contributed by atoms with Gasteiger partial charge in [0.1, 0.15) is 0 Å². The van der Waals surface area contributed by atoms with E-state index in [9.17, 15) is 23.3 Å². The van der Waals surface area contributed by atoms with Gasteiger partial charge in [-0.05, 0) is 29.8 Å². The number of carbonyl (C=O) groups is 1. The van der Waals surface area contributed by atoms with E-state index in [1.54, 1.807) is 12.1 Å². The summed E-state index contributed by atoms with van der Waals surface area (Å²) in [5, 5.41) is 13.4. The first-order valence-corrected chi connectivity index (χ1v) is 10.0. The van der Waals surface area contributed by atoms with Gasteiger partial charge in [0, 0.05) is 29.9 Å². The van der Waals surface area contributed by atoms with Crippen molar-refractivity contribution < 1.29 is 18.1 Å². The third-order valence-electron chi connectivity index (χ3n) is 4.03. The summed E-state index contributed by atoms with van der Waals surface area (Å²) in [6.07, 6.45) is 0. The quantitative estimate of drug-likeness (QED) is 0.457. The van der Waals surface area contributed by atoms with E-state index in [1.165, 1.54) is 48.5 Å². The zero-order chi connectivity index (χ0) is 20.9. The molecule has 0 aliphatic carbocycles. The lowest BCUT2D eigenvalue weighted by Crippen LogP contribution is -2.23. The van der Waals surface area contributed by atoms with Crippen molar-refractivity contribution in [3.8, 4) is 0 Å². The molecule has 3 rings (SSSR count). The Morgan fingerprint density at radius 1 is 0.931 bits per heavy atom. The van der Waals surface area contributed by atoms with E-state index in [0.29, 0.717) is 0 Å². The van der Waals surface area contributed by atoms with Crippen molar-refractivity contribution in [1.29, 1.82) is 0 Å². The first-order chi connectivity index (χ1) is 13.8. The maximum atomic E-state index is 12.5. The molecule has 0 aromatic heterocycles. The molecule has 0 bridgehead atoms. The smallest absolute Gasteiger partial charge is 0.271 e. The highest BCUT2D eigenvalue weighted by molar-refractivity contribution is 7.89. The highest BCUT2D eigenvalue weighted by Crippen LogP contribution is 2.19. The number of rotatable bonds is 7. The van der Waals surface area contributed by atoms with Crippen LogP contribution in [-0.4, -0.2) is 19.2 Å². The van der Waals surface area contributed by atoms with Crippen LogP contribution >= 0.6 is 0 Å². The normalized spacial score (nSPS) is 11.0. The fraction of sp³-hybridized carbons (Fsp3) is 0.0500. The van der Waals surface area contributed by atoms with Crippen molar-refractivity contribution in [3.63, 3.8) is 0 Å². The summed E-state index contributed by atoms with van der Waals surface area (Å²) >= 11 is 0. The predicted molar refractivity (Wildman–Crippen MR) is 108 cm³/mol. The van der Waals surface area contributed by atoms with Crippen molar-refractivity contribution >= 4 is 27.3 Å². The highest BCUT2D eigenvalue weighted by atomic mass is 32.2. The third-order valence-corrected chi connectivity index (χ3v) is 5.43. The first-order valence-electron chi connectivity index (χ1n) is 8.54. The van der Waals surface area contributed by atoms with Gasteiger partial charge in [-0.25, -0.2) is 13.1 Å². The molecule has 0 spiro atoms. The van der Waals surface area contributed by atoms with Gasteiger partial charge in [-0.15, -0.1) is 0 Å². The molecule has 0 aliphatic heterocycles. The van der Waals surface area contributed by atoms with Gasteiger partial charge in [-0.3, -0.25) is 14.9 Å². The molecule has 0 heterocycles. The Bertz CT molecular complexity index is 1150. The van der Waals surface area contributed by atoms with E-state index < -0.39 is 20.9 Å². The Morgan fingerprint density at radius 3 is 2.38 bits per heavy atom. The number of benzene rings is 3. The Balaban J connectivity index is 1.75. The molecule has 0 atom stereocenters. The molecule has 0 radical (unpaired) electrons. The molecule has 148 valence electrons. The SMILES string of the molecule is O=C(Nc1cccc([N+](=O)[O-])c1)c1cccc(S(=O)(=O)NCc2ccccc2)c1. The molecule has 1 amide bonds. The monoisotopic (exact) mass is 411 g/mol. The Hall–Kier alpha value is -3.56. The number of nitro groups is 1. The average molecular weight is 411 g/mol. The zero-order valence-corrected chi connectivity index (χ0v) is 15.9. The van der Waals surface area contributed by atoms with E-state index in [2.05, 4.69) is 10.0 Å². The minimum absolute atomic E-state index is 0.0554. The standard InChI is InChI=1S/C20H17N3O5S/c24-20(22-17-9-5-10-18(13-17)23(25)26)16-8-4-11-19(12-16)29(27,28)21-14-15-6-2-1-3-7-15/h1-13,21H,14H2,(H,22,24). The maximum Gasteiger partial charge on any atom is 0.271 e. The number of carbonyl (C=O) groups excluding carboxylic acids is 1. The van der Waals surface area contributed by atoms with Crippen LogP contribution in [0.1, 0.15) is 15.9 Å². The molecule has 2 N–H and O–H groups in total. The van der Waals surface area contributed by atoms with Crippen LogP contribution in [0.4, 0.5) is 11.4 Å². The number of nitrogens with zero attached hydrogens (tertiary/aromatic N) is 1. The van der Waals surface area contributed by atoms with Crippen molar-refractivity contribution in [2.24, 2.45) is 0 Å². The van der Waals surface area contributed by atoms with Crippen LogP contribution in [0, 0.1) is 10.1 Å². The molecule has 0 saturated carbocycles. The van der Waals surface area contributed by atoms with Gasteiger partial charge in [-0.2, -0.15) is 0 Å². The fourth-order valence-corrected chi connectivity index (χ4v) is 3.63. The molecular formula is C20H17N3O5S. The molecule has 3 aromatic carbocycles. The van der Waals surface area contributed by atoms with E-state index in [1.807, 2.05) is 18.2 Å². The lowest BCUT2D eigenvalue weighted by molar-refractivity contribution is -0.384. The molecule has 0 unspecified atom stereocenters. The maximum absolute atomic E-state index is 12.5. The number of nitrogens with one attached hydrogen (secondary N) is 2. The van der Waals surface area contributed by atoms with E-state index in [4.69, 9.17) is 0 Å². The summed E-state index contributed by atoms with van der Waals surface area (Å²) in [5.74, 6) is -0.578. The summed E-state index contributed by atoms with van der Waals surface area (Å²) in [4.78, 5) is 22.7. The number of sulfonamides is 1. The van der Waals surface area contributed by atoms with Crippen LogP contribution in [0.2, 0.25) is 0 Å².